The van der Waals surface area contributed by atoms with E-state index < -0.39 is 23.4 Å². The van der Waals surface area contributed by atoms with Crippen molar-refractivity contribution in [3.8, 4) is 5.69 Å². The number of anilines is 2. The standard InChI is InChI=1S/C24H22N4O4S/c1-15-22(16(2)28(26-15)17-8-4-3-5-9-17)25-20(29)14-32-23(31)24-13-12-21(30)27(24)18-10-6-7-11-19(18)33-24/h3-11H,12-14H2,1-2H3,(H,25,29). The molecule has 3 heterocycles. The highest BCUT2D eigenvalue weighted by atomic mass is 32.2. The zero-order chi connectivity index (χ0) is 23.2. The summed E-state index contributed by atoms with van der Waals surface area (Å²) in [6.45, 7) is 3.22. The Labute approximate surface area is 194 Å². The number of hydrogen-bond acceptors (Lipinski definition) is 6. The number of carbonyl (C=O) groups excluding carboxylic acids is 3. The van der Waals surface area contributed by atoms with E-state index in [0.29, 0.717) is 23.5 Å². The zero-order valence-corrected chi connectivity index (χ0v) is 19.0. The van der Waals surface area contributed by atoms with Crippen molar-refractivity contribution in [2.75, 3.05) is 16.8 Å². The summed E-state index contributed by atoms with van der Waals surface area (Å²) in [7, 11) is 0. The molecule has 2 aliphatic rings. The highest BCUT2D eigenvalue weighted by Gasteiger charge is 2.58. The third-order valence-electron chi connectivity index (χ3n) is 5.88. The fraction of sp³-hybridized carbons (Fsp3) is 0.250. The largest absolute Gasteiger partial charge is 0.453 e. The van der Waals surface area contributed by atoms with Crippen LogP contribution in [-0.4, -0.2) is 39.0 Å². The molecule has 1 N–H and O–H groups in total. The second-order valence-corrected chi connectivity index (χ2v) is 9.32. The van der Waals surface area contributed by atoms with Crippen molar-refractivity contribution in [1.82, 2.24) is 9.78 Å². The molecule has 168 valence electrons. The Morgan fingerprint density at radius 2 is 1.85 bits per heavy atom. The summed E-state index contributed by atoms with van der Waals surface area (Å²) in [5, 5.41) is 7.32. The number of nitrogens with one attached hydrogen (secondary N) is 1. The van der Waals surface area contributed by atoms with Crippen LogP contribution in [0.15, 0.2) is 59.5 Å². The first-order valence-electron chi connectivity index (χ1n) is 10.6. The number of nitrogens with zero attached hydrogens (tertiary/aromatic N) is 3. The van der Waals surface area contributed by atoms with Crippen LogP contribution < -0.4 is 10.2 Å². The fourth-order valence-corrected chi connectivity index (χ4v) is 5.75. The molecule has 0 aliphatic carbocycles. The number of rotatable bonds is 5. The summed E-state index contributed by atoms with van der Waals surface area (Å²) in [6, 6.07) is 17.0. The number of carbonyl (C=O) groups is 3. The third-order valence-corrected chi connectivity index (χ3v) is 7.34. The Morgan fingerprint density at radius 1 is 1.12 bits per heavy atom. The predicted octanol–water partition coefficient (Wildman–Crippen LogP) is 3.60. The molecule has 1 aromatic heterocycles. The van der Waals surface area contributed by atoms with Gasteiger partial charge in [0.2, 0.25) is 5.91 Å². The first-order valence-corrected chi connectivity index (χ1v) is 11.4. The van der Waals surface area contributed by atoms with Gasteiger partial charge in [0, 0.05) is 17.7 Å². The third kappa shape index (κ3) is 3.48. The molecule has 1 fully saturated rings. The molecule has 1 saturated heterocycles. The molecule has 1 atom stereocenters. The maximum absolute atomic E-state index is 13.1. The summed E-state index contributed by atoms with van der Waals surface area (Å²) in [5.41, 5.74) is 3.60. The Bertz CT molecular complexity index is 1270. The van der Waals surface area contributed by atoms with Crippen LogP contribution in [0.2, 0.25) is 0 Å². The van der Waals surface area contributed by atoms with Gasteiger partial charge in [-0.2, -0.15) is 5.10 Å². The molecule has 5 rings (SSSR count). The van der Waals surface area contributed by atoms with Gasteiger partial charge >= 0.3 is 5.97 Å². The first kappa shape index (κ1) is 21.3. The molecule has 2 aromatic carbocycles. The van der Waals surface area contributed by atoms with Gasteiger partial charge in [-0.05, 0) is 38.1 Å². The van der Waals surface area contributed by atoms with Gasteiger partial charge in [0.25, 0.3) is 5.91 Å². The topological polar surface area (TPSA) is 93.5 Å². The highest BCUT2D eigenvalue weighted by molar-refractivity contribution is 8.02. The van der Waals surface area contributed by atoms with Crippen molar-refractivity contribution in [2.45, 2.75) is 36.5 Å². The number of esters is 1. The van der Waals surface area contributed by atoms with Gasteiger partial charge in [0.1, 0.15) is 0 Å². The Hall–Kier alpha value is -3.59. The molecule has 2 amide bonds. The van der Waals surface area contributed by atoms with Gasteiger partial charge in [0.05, 0.1) is 28.5 Å². The Balaban J connectivity index is 1.28. The molecule has 0 bridgehead atoms. The average Bonchev–Trinajstić information content (AvgIpc) is 3.43. The Kier molecular flexibility index (Phi) is 5.20. The number of amides is 2. The van der Waals surface area contributed by atoms with E-state index in [1.54, 1.807) is 11.6 Å². The minimum Gasteiger partial charge on any atom is -0.453 e. The van der Waals surface area contributed by atoms with Crippen LogP contribution in [0.25, 0.3) is 5.69 Å². The molecular weight excluding hydrogens is 440 g/mol. The monoisotopic (exact) mass is 462 g/mol. The fourth-order valence-electron chi connectivity index (χ4n) is 4.34. The number of fused-ring (bicyclic) bond motifs is 3. The van der Waals surface area contributed by atoms with Gasteiger partial charge in [0.15, 0.2) is 11.5 Å². The number of hydrogen-bond donors (Lipinski definition) is 1. The van der Waals surface area contributed by atoms with E-state index in [0.717, 1.165) is 16.3 Å². The molecular formula is C24H22N4O4S. The van der Waals surface area contributed by atoms with Gasteiger partial charge in [-0.3, -0.25) is 14.5 Å². The number of aromatic nitrogens is 2. The normalized spacial score (nSPS) is 18.7. The number of para-hydroxylation sites is 2. The minimum absolute atomic E-state index is 0.117. The maximum atomic E-state index is 13.1. The summed E-state index contributed by atoms with van der Waals surface area (Å²) in [6.07, 6.45) is 0.605. The van der Waals surface area contributed by atoms with E-state index in [1.165, 1.54) is 16.7 Å². The number of benzene rings is 2. The van der Waals surface area contributed by atoms with Crippen molar-refractivity contribution in [2.24, 2.45) is 0 Å². The van der Waals surface area contributed by atoms with Crippen LogP contribution in [0, 0.1) is 13.8 Å². The van der Waals surface area contributed by atoms with E-state index >= 15 is 0 Å². The van der Waals surface area contributed by atoms with E-state index in [4.69, 9.17) is 4.74 Å². The Morgan fingerprint density at radius 3 is 2.64 bits per heavy atom. The lowest BCUT2D eigenvalue weighted by Crippen LogP contribution is -2.48. The SMILES string of the molecule is Cc1nn(-c2ccccc2)c(C)c1NC(=O)COC(=O)C12CCC(=O)N1c1ccccc1S2. The molecule has 33 heavy (non-hydrogen) atoms. The van der Waals surface area contributed by atoms with Crippen molar-refractivity contribution < 1.29 is 19.1 Å². The molecule has 3 aromatic rings. The summed E-state index contributed by atoms with van der Waals surface area (Å²) in [4.78, 5) is 39.5. The number of ether oxygens (including phenoxy) is 1. The average molecular weight is 463 g/mol. The van der Waals surface area contributed by atoms with Crippen LogP contribution in [0.1, 0.15) is 24.2 Å². The van der Waals surface area contributed by atoms with E-state index in [2.05, 4.69) is 10.4 Å². The number of aryl methyl sites for hydroxylation is 1. The summed E-state index contributed by atoms with van der Waals surface area (Å²) in [5.74, 6) is -1.17. The maximum Gasteiger partial charge on any atom is 0.344 e. The van der Waals surface area contributed by atoms with Gasteiger partial charge < -0.3 is 10.1 Å². The van der Waals surface area contributed by atoms with Gasteiger partial charge in [-0.1, -0.05) is 42.1 Å². The summed E-state index contributed by atoms with van der Waals surface area (Å²) >= 11 is 1.31. The smallest absolute Gasteiger partial charge is 0.344 e. The van der Waals surface area contributed by atoms with Crippen LogP contribution in [0.3, 0.4) is 0 Å². The minimum atomic E-state index is -1.15. The molecule has 8 nitrogen and oxygen atoms in total. The van der Waals surface area contributed by atoms with Crippen molar-refractivity contribution in [1.29, 1.82) is 0 Å². The lowest BCUT2D eigenvalue weighted by atomic mass is 10.2. The second kappa shape index (κ2) is 8.08. The number of thioether (sulfide) groups is 1. The van der Waals surface area contributed by atoms with E-state index in [-0.39, 0.29) is 12.3 Å². The van der Waals surface area contributed by atoms with Crippen molar-refractivity contribution >= 4 is 40.9 Å². The zero-order valence-electron chi connectivity index (χ0n) is 18.2. The molecule has 2 aliphatic heterocycles. The molecule has 0 spiro atoms. The van der Waals surface area contributed by atoms with Crippen molar-refractivity contribution in [3.05, 3.63) is 66.0 Å². The van der Waals surface area contributed by atoms with Crippen LogP contribution in [0.4, 0.5) is 11.4 Å². The predicted molar refractivity (Wildman–Crippen MR) is 124 cm³/mol. The van der Waals surface area contributed by atoms with Crippen molar-refractivity contribution in [3.63, 3.8) is 0 Å². The summed E-state index contributed by atoms with van der Waals surface area (Å²) < 4.78 is 7.18. The van der Waals surface area contributed by atoms with Crippen LogP contribution in [-0.2, 0) is 19.1 Å². The van der Waals surface area contributed by atoms with E-state index in [1.807, 2.05) is 61.5 Å². The van der Waals surface area contributed by atoms with Gasteiger partial charge in [-0.25, -0.2) is 9.48 Å². The van der Waals surface area contributed by atoms with Gasteiger partial charge in [-0.15, -0.1) is 0 Å². The van der Waals surface area contributed by atoms with Crippen LogP contribution >= 0.6 is 11.8 Å². The quantitative estimate of drug-likeness (QED) is 0.583. The lowest BCUT2D eigenvalue weighted by Gasteiger charge is -2.28. The molecule has 0 saturated carbocycles. The van der Waals surface area contributed by atoms with E-state index in [9.17, 15) is 14.4 Å². The highest BCUT2D eigenvalue weighted by Crippen LogP contribution is 2.56. The lowest BCUT2D eigenvalue weighted by molar-refractivity contribution is -0.149. The second-order valence-electron chi connectivity index (χ2n) is 8.00. The van der Waals surface area contributed by atoms with Crippen LogP contribution in [0.5, 0.6) is 0 Å². The molecule has 9 heteroatoms. The molecule has 0 radical (unpaired) electrons. The molecule has 1 unspecified atom stereocenters. The first-order chi connectivity index (χ1) is 15.9.